The molecule has 0 aliphatic carbocycles. The van der Waals surface area contributed by atoms with Crippen LogP contribution in [0.5, 0.6) is 0 Å². The number of carbonyl (C=O) groups excluding carboxylic acids is 5. The highest BCUT2D eigenvalue weighted by atomic mass is 35.5. The van der Waals surface area contributed by atoms with Gasteiger partial charge in [-0.25, -0.2) is 0 Å². The van der Waals surface area contributed by atoms with Crippen molar-refractivity contribution in [2.75, 3.05) is 27.7 Å². The summed E-state index contributed by atoms with van der Waals surface area (Å²) < 4.78 is 9.71. The van der Waals surface area contributed by atoms with Gasteiger partial charge < -0.3 is 29.9 Å². The Balaban J connectivity index is 2.86. The average Bonchev–Trinajstić information content (AvgIpc) is 2.82. The molecule has 0 fully saturated rings. The molecule has 37 heavy (non-hydrogen) atoms. The van der Waals surface area contributed by atoms with Crippen molar-refractivity contribution >= 4 is 60.0 Å². The van der Waals surface area contributed by atoms with E-state index < -0.39 is 61.6 Å². The van der Waals surface area contributed by atoms with E-state index in [1.807, 2.05) is 13.8 Å². The summed E-state index contributed by atoms with van der Waals surface area (Å²) in [6.07, 6.45) is -0.555. The minimum atomic E-state index is -1.79. The molecular weight excluding hydrogens is 528 g/mol. The van der Waals surface area contributed by atoms with Crippen molar-refractivity contribution in [1.82, 2.24) is 15.5 Å². The molecule has 14 heteroatoms. The van der Waals surface area contributed by atoms with Crippen molar-refractivity contribution in [1.29, 1.82) is 0 Å². The van der Waals surface area contributed by atoms with Crippen molar-refractivity contribution in [3.05, 3.63) is 33.8 Å². The lowest BCUT2D eigenvalue weighted by atomic mass is 9.74. The summed E-state index contributed by atoms with van der Waals surface area (Å²) in [6.45, 7) is 3.19. The van der Waals surface area contributed by atoms with E-state index in [-0.39, 0.29) is 29.3 Å². The molecule has 0 saturated carbocycles. The van der Waals surface area contributed by atoms with Gasteiger partial charge in [0, 0.05) is 25.5 Å². The number of hydrogen-bond donors (Lipinski definition) is 3. The molecule has 2 atom stereocenters. The number of rotatable bonds is 13. The molecule has 1 aromatic rings. The quantitative estimate of drug-likeness (QED) is 0.243. The fraction of sp³-hybridized carbons (Fsp3) is 0.522. The van der Waals surface area contributed by atoms with E-state index in [4.69, 9.17) is 27.9 Å². The maximum atomic E-state index is 12.7. The Morgan fingerprint density at radius 3 is 2.32 bits per heavy atom. The second-order valence-electron chi connectivity index (χ2n) is 8.91. The Morgan fingerprint density at radius 1 is 1.11 bits per heavy atom. The minimum absolute atomic E-state index is 0.0281. The number of nitrogens with one attached hydrogen (secondary N) is 2. The lowest BCUT2D eigenvalue weighted by Gasteiger charge is -2.24. The molecule has 0 aliphatic heterocycles. The normalized spacial score (nSPS) is 12.2. The third kappa shape index (κ3) is 11.4. The highest BCUT2D eigenvalue weighted by molar-refractivity contribution is 6.47. The Kier molecular flexibility index (Phi) is 13.4. The number of nitrogens with zero attached hydrogens (tertiary/aromatic N) is 1. The first-order valence-corrected chi connectivity index (χ1v) is 12.2. The SMILES string of the molecule is COC(=O)CC(CC(=O)N(C)C)C(=O)OB(O)[C@H](CC(C)C)NC(=O)CNC(=O)c1cc(Cl)ccc1Cl. The van der Waals surface area contributed by atoms with Crippen molar-refractivity contribution in [3.8, 4) is 0 Å². The molecule has 0 radical (unpaired) electrons. The summed E-state index contributed by atoms with van der Waals surface area (Å²) in [6, 6.07) is 4.31. The number of halogens is 2. The second-order valence-corrected chi connectivity index (χ2v) is 9.75. The fourth-order valence-corrected chi connectivity index (χ4v) is 3.53. The summed E-state index contributed by atoms with van der Waals surface area (Å²) in [5, 5.41) is 16.0. The molecule has 1 unspecified atom stereocenters. The van der Waals surface area contributed by atoms with Gasteiger partial charge in [-0.05, 0) is 30.5 Å². The van der Waals surface area contributed by atoms with E-state index in [0.29, 0.717) is 5.02 Å². The first-order valence-electron chi connectivity index (χ1n) is 11.4. The van der Waals surface area contributed by atoms with E-state index in [9.17, 15) is 29.0 Å². The molecule has 0 bridgehead atoms. The zero-order chi connectivity index (χ0) is 28.3. The van der Waals surface area contributed by atoms with E-state index in [0.717, 1.165) is 7.11 Å². The van der Waals surface area contributed by atoms with Crippen LogP contribution >= 0.6 is 23.2 Å². The number of ether oxygens (including phenoxy) is 1. The van der Waals surface area contributed by atoms with Crippen LogP contribution in [0, 0.1) is 11.8 Å². The summed E-state index contributed by atoms with van der Waals surface area (Å²) in [5.41, 5.74) is 0.0820. The third-order valence-corrected chi connectivity index (χ3v) is 5.69. The number of esters is 1. The standard InChI is InChI=1S/C23H32BCl2N3O8/c1-13(2)8-18(28-19(30)12-27-22(33)16-11-15(25)6-7-17(16)26)24(35)37-23(34)14(10-21(32)36-5)9-20(31)29(3)4/h6-7,11,13-14,18,35H,8-10,12H2,1-5H3,(H,27,33)(H,28,30)/t14?,18-/m0/s1. The van der Waals surface area contributed by atoms with Crippen LogP contribution in [-0.4, -0.2) is 80.4 Å². The van der Waals surface area contributed by atoms with Gasteiger partial charge >= 0.3 is 13.1 Å². The van der Waals surface area contributed by atoms with Crippen molar-refractivity contribution in [3.63, 3.8) is 0 Å². The molecular formula is C23H32BCl2N3O8. The molecule has 11 nitrogen and oxygen atoms in total. The topological polar surface area (TPSA) is 151 Å². The lowest BCUT2D eigenvalue weighted by molar-refractivity contribution is -0.151. The number of hydrogen-bond acceptors (Lipinski definition) is 8. The van der Waals surface area contributed by atoms with Crippen LogP contribution in [0.25, 0.3) is 0 Å². The van der Waals surface area contributed by atoms with Crippen molar-refractivity contribution in [2.45, 2.75) is 39.1 Å². The predicted molar refractivity (Wildman–Crippen MR) is 138 cm³/mol. The van der Waals surface area contributed by atoms with Gasteiger partial charge in [-0.15, -0.1) is 0 Å². The van der Waals surface area contributed by atoms with Crippen molar-refractivity contribution < 1.29 is 38.4 Å². The Bertz CT molecular complexity index is 993. The smallest absolute Gasteiger partial charge is 0.508 e. The Hall–Kier alpha value is -2.83. The monoisotopic (exact) mass is 559 g/mol. The van der Waals surface area contributed by atoms with Gasteiger partial charge in [-0.2, -0.15) is 0 Å². The van der Waals surface area contributed by atoms with Gasteiger partial charge in [-0.1, -0.05) is 37.0 Å². The van der Waals surface area contributed by atoms with Crippen LogP contribution in [0.2, 0.25) is 10.0 Å². The van der Waals surface area contributed by atoms with Gasteiger partial charge in [-0.3, -0.25) is 24.0 Å². The van der Waals surface area contributed by atoms with Gasteiger partial charge in [0.25, 0.3) is 11.9 Å². The van der Waals surface area contributed by atoms with Crippen LogP contribution < -0.4 is 10.6 Å². The molecule has 1 aromatic carbocycles. The minimum Gasteiger partial charge on any atom is -0.508 e. The Labute approximate surface area is 226 Å². The summed E-state index contributed by atoms with van der Waals surface area (Å²) >= 11 is 11.9. The van der Waals surface area contributed by atoms with Crippen LogP contribution in [-0.2, 0) is 28.6 Å². The van der Waals surface area contributed by atoms with Gasteiger partial charge in [0.15, 0.2) is 0 Å². The van der Waals surface area contributed by atoms with E-state index in [1.165, 1.54) is 37.2 Å². The second kappa shape index (κ2) is 15.4. The molecule has 0 aliphatic rings. The van der Waals surface area contributed by atoms with Crippen LogP contribution in [0.1, 0.15) is 43.5 Å². The predicted octanol–water partition coefficient (Wildman–Crippen LogP) is 1.47. The van der Waals surface area contributed by atoms with Gasteiger partial charge in [0.1, 0.15) is 0 Å². The highest BCUT2D eigenvalue weighted by Crippen LogP contribution is 2.20. The maximum absolute atomic E-state index is 12.7. The van der Waals surface area contributed by atoms with Gasteiger partial charge in [0.05, 0.1) is 42.5 Å². The van der Waals surface area contributed by atoms with Crippen LogP contribution in [0.3, 0.4) is 0 Å². The molecule has 3 N–H and O–H groups in total. The highest BCUT2D eigenvalue weighted by Gasteiger charge is 2.36. The summed E-state index contributed by atoms with van der Waals surface area (Å²) in [5.74, 6) is -5.72. The Morgan fingerprint density at radius 2 is 1.76 bits per heavy atom. The summed E-state index contributed by atoms with van der Waals surface area (Å²) in [7, 11) is 2.34. The first-order chi connectivity index (χ1) is 17.2. The molecule has 1 rings (SSSR count). The number of methoxy groups -OCH3 is 1. The average molecular weight is 560 g/mol. The molecule has 0 aromatic heterocycles. The van der Waals surface area contributed by atoms with E-state index >= 15 is 0 Å². The van der Waals surface area contributed by atoms with Crippen LogP contribution in [0.15, 0.2) is 18.2 Å². The largest absolute Gasteiger partial charge is 0.548 e. The molecule has 3 amide bonds. The number of amides is 3. The van der Waals surface area contributed by atoms with E-state index in [2.05, 4.69) is 15.4 Å². The zero-order valence-corrected chi connectivity index (χ0v) is 22.9. The van der Waals surface area contributed by atoms with Crippen LogP contribution in [0.4, 0.5) is 0 Å². The first kappa shape index (κ1) is 32.2. The number of carbonyl (C=O) groups is 5. The third-order valence-electron chi connectivity index (χ3n) is 5.13. The summed E-state index contributed by atoms with van der Waals surface area (Å²) in [4.78, 5) is 62.7. The van der Waals surface area contributed by atoms with Gasteiger partial charge in [0.2, 0.25) is 11.8 Å². The molecule has 0 saturated heterocycles. The molecule has 0 heterocycles. The lowest BCUT2D eigenvalue weighted by Crippen LogP contribution is -2.52. The molecule has 204 valence electrons. The van der Waals surface area contributed by atoms with Crippen molar-refractivity contribution in [2.24, 2.45) is 11.8 Å². The maximum Gasteiger partial charge on any atom is 0.548 e. The van der Waals surface area contributed by atoms with E-state index in [1.54, 1.807) is 0 Å². The zero-order valence-electron chi connectivity index (χ0n) is 21.4. The molecule has 0 spiro atoms. The fourth-order valence-electron chi connectivity index (χ4n) is 3.15. The number of benzene rings is 1.